The molecule has 1 saturated heterocycles. The molecule has 0 bridgehead atoms. The molecule has 1 fully saturated rings. The number of amides is 1. The van der Waals surface area contributed by atoms with Crippen molar-refractivity contribution in [3.8, 4) is 0 Å². The van der Waals surface area contributed by atoms with Crippen molar-refractivity contribution in [2.45, 2.75) is 65.0 Å². The molecule has 0 spiro atoms. The van der Waals surface area contributed by atoms with Gasteiger partial charge in [0.05, 0.1) is 0 Å². The lowest BCUT2D eigenvalue weighted by Crippen LogP contribution is -2.50. The van der Waals surface area contributed by atoms with Gasteiger partial charge in [0.2, 0.25) is 5.91 Å². The van der Waals surface area contributed by atoms with E-state index in [1.54, 1.807) is 0 Å². The van der Waals surface area contributed by atoms with Crippen LogP contribution in [-0.2, 0) is 4.79 Å². The minimum absolute atomic E-state index is 0.202. The van der Waals surface area contributed by atoms with Crippen LogP contribution in [0.4, 0.5) is 0 Å². The van der Waals surface area contributed by atoms with Gasteiger partial charge < -0.3 is 10.6 Å². The molecule has 1 aliphatic rings. The zero-order valence-corrected chi connectivity index (χ0v) is 10.9. The van der Waals surface area contributed by atoms with Crippen molar-refractivity contribution in [1.82, 2.24) is 10.6 Å². The summed E-state index contributed by atoms with van der Waals surface area (Å²) in [6, 6.07) is 1.07. The summed E-state index contributed by atoms with van der Waals surface area (Å²) in [4.78, 5) is 11.1. The van der Waals surface area contributed by atoms with Crippen LogP contribution in [0.3, 0.4) is 0 Å². The fraction of sp³-hybridized carbons (Fsp3) is 0.923. The molecule has 3 heteroatoms. The fourth-order valence-corrected chi connectivity index (χ4v) is 2.52. The molecule has 3 unspecified atom stereocenters. The molecule has 1 rings (SSSR count). The summed E-state index contributed by atoms with van der Waals surface area (Å²) < 4.78 is 0. The summed E-state index contributed by atoms with van der Waals surface area (Å²) in [6.45, 7) is 7.61. The van der Waals surface area contributed by atoms with Crippen LogP contribution in [0.1, 0.15) is 52.9 Å². The third-order valence-electron chi connectivity index (χ3n) is 3.59. The zero-order valence-electron chi connectivity index (χ0n) is 10.9. The van der Waals surface area contributed by atoms with Crippen LogP contribution >= 0.6 is 0 Å². The van der Waals surface area contributed by atoms with Gasteiger partial charge in [-0.25, -0.2) is 0 Å². The van der Waals surface area contributed by atoms with Gasteiger partial charge in [0.15, 0.2) is 0 Å². The molecular weight excluding hydrogens is 200 g/mol. The number of nitrogens with one attached hydrogen (secondary N) is 2. The number of hydrogen-bond donors (Lipinski definition) is 2. The van der Waals surface area contributed by atoms with Crippen molar-refractivity contribution in [3.05, 3.63) is 0 Å². The number of piperidine rings is 1. The topological polar surface area (TPSA) is 41.1 Å². The molecule has 1 aliphatic heterocycles. The van der Waals surface area contributed by atoms with Gasteiger partial charge in [0, 0.05) is 25.0 Å². The van der Waals surface area contributed by atoms with Crippen molar-refractivity contribution in [1.29, 1.82) is 0 Å². The summed E-state index contributed by atoms with van der Waals surface area (Å²) in [5.41, 5.74) is 0. The molecule has 0 aromatic carbocycles. The molecule has 0 aliphatic carbocycles. The highest BCUT2D eigenvalue weighted by atomic mass is 16.1. The van der Waals surface area contributed by atoms with Crippen LogP contribution in [-0.4, -0.2) is 24.5 Å². The van der Waals surface area contributed by atoms with E-state index in [-0.39, 0.29) is 5.91 Å². The Morgan fingerprint density at radius 2 is 2.25 bits per heavy atom. The van der Waals surface area contributed by atoms with E-state index >= 15 is 0 Å². The predicted molar refractivity (Wildman–Crippen MR) is 67.3 cm³/mol. The van der Waals surface area contributed by atoms with E-state index in [2.05, 4.69) is 31.4 Å². The molecule has 0 saturated carbocycles. The lowest BCUT2D eigenvalue weighted by atomic mass is 9.93. The first-order valence-corrected chi connectivity index (χ1v) is 6.70. The minimum Gasteiger partial charge on any atom is -0.355 e. The zero-order chi connectivity index (χ0) is 12.0. The second-order valence-electron chi connectivity index (χ2n) is 4.99. The molecule has 1 amide bonds. The maximum atomic E-state index is 11.1. The molecule has 0 radical (unpaired) electrons. The van der Waals surface area contributed by atoms with Crippen LogP contribution in [0, 0.1) is 5.92 Å². The first kappa shape index (κ1) is 13.5. The highest BCUT2D eigenvalue weighted by Crippen LogP contribution is 2.15. The minimum atomic E-state index is 0.202. The molecule has 2 N–H and O–H groups in total. The van der Waals surface area contributed by atoms with Gasteiger partial charge >= 0.3 is 0 Å². The Morgan fingerprint density at radius 3 is 2.75 bits per heavy atom. The second-order valence-corrected chi connectivity index (χ2v) is 4.99. The molecule has 3 nitrogen and oxygen atoms in total. The van der Waals surface area contributed by atoms with E-state index in [0.717, 1.165) is 18.9 Å². The quantitative estimate of drug-likeness (QED) is 0.728. The summed E-state index contributed by atoms with van der Waals surface area (Å²) >= 11 is 0. The first-order valence-electron chi connectivity index (χ1n) is 6.70. The maximum Gasteiger partial charge on any atom is 0.220 e. The van der Waals surface area contributed by atoms with Gasteiger partial charge in [-0.1, -0.05) is 27.2 Å². The Balaban J connectivity index is 2.34. The Kier molecular flexibility index (Phi) is 5.81. The van der Waals surface area contributed by atoms with Gasteiger partial charge in [-0.2, -0.15) is 0 Å². The van der Waals surface area contributed by atoms with E-state index in [0.29, 0.717) is 18.5 Å². The SMILES string of the molecule is CCCC(C)C(CC)NC1CCC(=O)NC1. The van der Waals surface area contributed by atoms with Crippen molar-refractivity contribution in [2.75, 3.05) is 6.54 Å². The predicted octanol–water partition coefficient (Wildman–Crippen LogP) is 2.07. The Labute approximate surface area is 99.4 Å². The molecule has 1 heterocycles. The molecule has 16 heavy (non-hydrogen) atoms. The second kappa shape index (κ2) is 6.89. The van der Waals surface area contributed by atoms with Gasteiger partial charge in [0.25, 0.3) is 0 Å². The van der Waals surface area contributed by atoms with Crippen molar-refractivity contribution in [3.63, 3.8) is 0 Å². The molecule has 0 aromatic rings. The number of hydrogen-bond acceptors (Lipinski definition) is 2. The number of rotatable bonds is 6. The third kappa shape index (κ3) is 4.12. The van der Waals surface area contributed by atoms with Crippen molar-refractivity contribution >= 4 is 5.91 Å². The number of carbonyl (C=O) groups excluding carboxylic acids is 1. The molecule has 0 aromatic heterocycles. The highest BCUT2D eigenvalue weighted by Gasteiger charge is 2.22. The van der Waals surface area contributed by atoms with Crippen LogP contribution in [0.25, 0.3) is 0 Å². The first-order chi connectivity index (χ1) is 7.67. The van der Waals surface area contributed by atoms with Gasteiger partial charge in [-0.15, -0.1) is 0 Å². The lowest BCUT2D eigenvalue weighted by Gasteiger charge is -2.31. The molecular formula is C13H26N2O. The van der Waals surface area contributed by atoms with Crippen LogP contribution < -0.4 is 10.6 Å². The van der Waals surface area contributed by atoms with E-state index in [1.807, 2.05) is 0 Å². The van der Waals surface area contributed by atoms with E-state index < -0.39 is 0 Å². The summed E-state index contributed by atoms with van der Waals surface area (Å²) in [5.74, 6) is 0.931. The van der Waals surface area contributed by atoms with Gasteiger partial charge in [0.1, 0.15) is 0 Å². The summed E-state index contributed by atoms with van der Waals surface area (Å²) in [5, 5.41) is 6.63. The van der Waals surface area contributed by atoms with Crippen molar-refractivity contribution in [2.24, 2.45) is 5.92 Å². The largest absolute Gasteiger partial charge is 0.355 e. The van der Waals surface area contributed by atoms with Gasteiger partial charge in [-0.3, -0.25) is 4.79 Å². The fourth-order valence-electron chi connectivity index (χ4n) is 2.52. The van der Waals surface area contributed by atoms with Crippen LogP contribution in [0.5, 0.6) is 0 Å². The highest BCUT2D eigenvalue weighted by molar-refractivity contribution is 5.76. The lowest BCUT2D eigenvalue weighted by molar-refractivity contribution is -0.122. The normalized spacial score (nSPS) is 24.9. The average Bonchev–Trinajstić information content (AvgIpc) is 2.28. The van der Waals surface area contributed by atoms with Crippen LogP contribution in [0.2, 0.25) is 0 Å². The monoisotopic (exact) mass is 226 g/mol. The summed E-state index contributed by atoms with van der Waals surface area (Å²) in [7, 11) is 0. The average molecular weight is 226 g/mol. The number of carbonyl (C=O) groups is 1. The Bertz CT molecular complexity index is 208. The maximum absolute atomic E-state index is 11.1. The van der Waals surface area contributed by atoms with Crippen molar-refractivity contribution < 1.29 is 4.79 Å². The summed E-state index contributed by atoms with van der Waals surface area (Å²) in [6.07, 6.45) is 5.37. The van der Waals surface area contributed by atoms with E-state index in [1.165, 1.54) is 19.3 Å². The third-order valence-corrected chi connectivity index (χ3v) is 3.59. The smallest absolute Gasteiger partial charge is 0.220 e. The van der Waals surface area contributed by atoms with Gasteiger partial charge in [-0.05, 0) is 25.2 Å². The molecule has 94 valence electrons. The van der Waals surface area contributed by atoms with E-state index in [4.69, 9.17) is 0 Å². The van der Waals surface area contributed by atoms with Crippen LogP contribution in [0.15, 0.2) is 0 Å². The Morgan fingerprint density at radius 1 is 1.50 bits per heavy atom. The standard InChI is InChI=1S/C13H26N2O/c1-4-6-10(3)12(5-2)15-11-7-8-13(16)14-9-11/h10-12,15H,4-9H2,1-3H3,(H,14,16). The Hall–Kier alpha value is -0.570. The van der Waals surface area contributed by atoms with E-state index in [9.17, 15) is 4.79 Å². The molecule has 3 atom stereocenters.